The molecule has 0 radical (unpaired) electrons. The maximum atomic E-state index is 15.2. The van der Waals surface area contributed by atoms with Gasteiger partial charge >= 0.3 is 30.6 Å². The number of ether oxygens (including phenoxy) is 2. The van der Waals surface area contributed by atoms with Crippen LogP contribution >= 0.6 is 0 Å². The molecule has 20 heteroatoms. The first-order valence-corrected chi connectivity index (χ1v) is 9.51. The summed E-state index contributed by atoms with van der Waals surface area (Å²) < 4.78 is 234. The van der Waals surface area contributed by atoms with Crippen LogP contribution < -0.4 is 0 Å². The van der Waals surface area contributed by atoms with Crippen LogP contribution in [-0.2, 0) is 9.47 Å². The Morgan fingerprint density at radius 1 is 0.583 bits per heavy atom. The summed E-state index contributed by atoms with van der Waals surface area (Å²) in [7, 11) is 0. The summed E-state index contributed by atoms with van der Waals surface area (Å²) in [4.78, 5) is -0.879. The van der Waals surface area contributed by atoms with Crippen molar-refractivity contribution in [2.75, 3.05) is 13.1 Å². The molecule has 0 aliphatic carbocycles. The van der Waals surface area contributed by atoms with E-state index in [0.717, 1.165) is 0 Å². The normalized spacial score (nSPS) is 31.2. The van der Waals surface area contributed by atoms with E-state index >= 15 is 4.39 Å². The standard InChI is InChI=1S/C16H14F17NO2/c17-9(15(28,29)30)12(20,21)6-2-1-5(35-6)11(19,16(31,32)33)10(18)34-3-7(13(22,23)24)36-8(4-34)14(25,26)27/h5-10H,1-4H2. The topological polar surface area (TPSA) is 21.7 Å². The molecule has 2 saturated heterocycles. The second kappa shape index (κ2) is 9.46. The van der Waals surface area contributed by atoms with Gasteiger partial charge in [-0.25, -0.2) is 22.0 Å². The summed E-state index contributed by atoms with van der Waals surface area (Å²) in [6, 6.07) is 0. The maximum Gasteiger partial charge on any atom is 0.429 e. The third-order valence-corrected chi connectivity index (χ3v) is 5.50. The van der Waals surface area contributed by atoms with Crippen molar-refractivity contribution < 1.29 is 84.1 Å². The van der Waals surface area contributed by atoms with Gasteiger partial charge in [0.1, 0.15) is 12.2 Å². The minimum Gasteiger partial charge on any atom is -0.365 e. The summed E-state index contributed by atoms with van der Waals surface area (Å²) in [6.07, 6.45) is -50.9. The zero-order valence-electron chi connectivity index (χ0n) is 17.0. The molecule has 0 aromatic carbocycles. The van der Waals surface area contributed by atoms with Crippen LogP contribution in [0.3, 0.4) is 0 Å². The molecule has 7 unspecified atom stereocenters. The van der Waals surface area contributed by atoms with E-state index in [1.54, 1.807) is 0 Å². The van der Waals surface area contributed by atoms with Crippen molar-refractivity contribution in [2.45, 2.75) is 86.0 Å². The zero-order valence-corrected chi connectivity index (χ0v) is 17.0. The Kier molecular flexibility index (Phi) is 8.12. The van der Waals surface area contributed by atoms with Crippen molar-refractivity contribution in [1.29, 1.82) is 0 Å². The molecule has 0 bridgehead atoms. The van der Waals surface area contributed by atoms with E-state index in [2.05, 4.69) is 9.47 Å². The summed E-state index contributed by atoms with van der Waals surface area (Å²) in [5, 5.41) is 0. The van der Waals surface area contributed by atoms with Gasteiger partial charge in [0, 0.05) is 13.1 Å². The first-order valence-electron chi connectivity index (χ1n) is 9.51. The third-order valence-electron chi connectivity index (χ3n) is 5.50. The van der Waals surface area contributed by atoms with Gasteiger partial charge in [-0.1, -0.05) is 0 Å². The fourth-order valence-electron chi connectivity index (χ4n) is 3.68. The first-order chi connectivity index (χ1) is 15.8. The van der Waals surface area contributed by atoms with Crippen molar-refractivity contribution in [3.05, 3.63) is 0 Å². The lowest BCUT2D eigenvalue weighted by atomic mass is 9.92. The van der Waals surface area contributed by atoms with Crippen LogP contribution in [0.4, 0.5) is 74.6 Å². The molecule has 214 valence electrons. The Hall–Kier alpha value is -1.31. The molecule has 0 aromatic heterocycles. The Morgan fingerprint density at radius 2 is 0.972 bits per heavy atom. The number of rotatable bonds is 5. The fraction of sp³-hybridized carbons (Fsp3) is 1.00. The molecule has 2 heterocycles. The van der Waals surface area contributed by atoms with Crippen molar-refractivity contribution in [1.82, 2.24) is 4.90 Å². The van der Waals surface area contributed by atoms with E-state index < -0.39 is 104 Å². The van der Waals surface area contributed by atoms with Gasteiger partial charge in [0.2, 0.25) is 0 Å². The number of hydrogen-bond acceptors (Lipinski definition) is 3. The average Bonchev–Trinajstić information content (AvgIpc) is 3.20. The van der Waals surface area contributed by atoms with Gasteiger partial charge in [-0.15, -0.1) is 0 Å². The minimum absolute atomic E-state index is 0.879. The van der Waals surface area contributed by atoms with Crippen LogP contribution in [0.1, 0.15) is 12.8 Å². The van der Waals surface area contributed by atoms with E-state index in [9.17, 15) is 70.2 Å². The number of halogens is 17. The monoisotopic (exact) mass is 575 g/mol. The van der Waals surface area contributed by atoms with Crippen LogP contribution in [0.5, 0.6) is 0 Å². The molecule has 0 amide bonds. The van der Waals surface area contributed by atoms with Gasteiger partial charge in [-0.05, 0) is 12.8 Å². The van der Waals surface area contributed by atoms with Gasteiger partial charge < -0.3 is 9.47 Å². The van der Waals surface area contributed by atoms with Crippen LogP contribution in [0.2, 0.25) is 0 Å². The molecule has 0 aromatic rings. The molecule has 0 spiro atoms. The van der Waals surface area contributed by atoms with E-state index in [1.165, 1.54) is 0 Å². The molecule has 3 nitrogen and oxygen atoms in total. The van der Waals surface area contributed by atoms with Crippen molar-refractivity contribution in [3.63, 3.8) is 0 Å². The van der Waals surface area contributed by atoms with E-state index in [1.807, 2.05) is 0 Å². The molecule has 36 heavy (non-hydrogen) atoms. The van der Waals surface area contributed by atoms with Crippen molar-refractivity contribution in [3.8, 4) is 0 Å². The molecule has 2 aliphatic rings. The van der Waals surface area contributed by atoms with Crippen molar-refractivity contribution >= 4 is 0 Å². The van der Waals surface area contributed by atoms with E-state index in [4.69, 9.17) is 0 Å². The summed E-state index contributed by atoms with van der Waals surface area (Å²) in [6.45, 7) is -4.21. The summed E-state index contributed by atoms with van der Waals surface area (Å²) >= 11 is 0. The molecule has 2 fully saturated rings. The highest BCUT2D eigenvalue weighted by molar-refractivity contribution is 5.06. The smallest absolute Gasteiger partial charge is 0.365 e. The Bertz CT molecular complexity index is 740. The molecule has 2 rings (SSSR count). The largest absolute Gasteiger partial charge is 0.429 e. The van der Waals surface area contributed by atoms with E-state index in [0.29, 0.717) is 0 Å². The Labute approximate surface area is 189 Å². The Morgan fingerprint density at radius 3 is 1.33 bits per heavy atom. The number of hydrogen-bond donors (Lipinski definition) is 0. The van der Waals surface area contributed by atoms with Gasteiger partial charge in [0.05, 0.1) is 0 Å². The molecular formula is C16H14F17NO2. The highest BCUT2D eigenvalue weighted by Gasteiger charge is 2.72. The lowest BCUT2D eigenvalue weighted by molar-refractivity contribution is -0.339. The first kappa shape index (κ1) is 30.9. The predicted octanol–water partition coefficient (Wildman–Crippen LogP) is 5.83. The second-order valence-electron chi connectivity index (χ2n) is 8.02. The lowest BCUT2D eigenvalue weighted by Gasteiger charge is -2.45. The van der Waals surface area contributed by atoms with Crippen LogP contribution in [0, 0.1) is 0 Å². The van der Waals surface area contributed by atoms with Gasteiger partial charge in [0.15, 0.2) is 18.5 Å². The predicted molar refractivity (Wildman–Crippen MR) is 80.9 cm³/mol. The molecule has 0 saturated carbocycles. The van der Waals surface area contributed by atoms with Crippen LogP contribution in [0.15, 0.2) is 0 Å². The molecule has 7 atom stereocenters. The van der Waals surface area contributed by atoms with Crippen LogP contribution in [-0.4, -0.2) is 91.2 Å². The third kappa shape index (κ3) is 5.88. The maximum absolute atomic E-state index is 15.2. The zero-order chi connectivity index (χ0) is 28.3. The van der Waals surface area contributed by atoms with Gasteiger partial charge in [-0.3, -0.25) is 4.90 Å². The number of alkyl halides is 17. The van der Waals surface area contributed by atoms with Crippen molar-refractivity contribution in [2.24, 2.45) is 0 Å². The summed E-state index contributed by atoms with van der Waals surface area (Å²) in [5.74, 6) is -5.60. The van der Waals surface area contributed by atoms with E-state index in [-0.39, 0.29) is 0 Å². The molecular weight excluding hydrogens is 561 g/mol. The van der Waals surface area contributed by atoms with Gasteiger partial charge in [-0.2, -0.15) is 52.7 Å². The SMILES string of the molecule is FC(C(F)(F)F)C(F)(F)C1CCC(C(F)(C(F)N2CC(C(F)(F)F)OC(C(F)(F)F)C2)C(F)(F)F)O1. The fourth-order valence-corrected chi connectivity index (χ4v) is 3.68. The Balaban J connectivity index is 2.40. The second-order valence-corrected chi connectivity index (χ2v) is 8.02. The highest BCUT2D eigenvalue weighted by atomic mass is 19.4. The van der Waals surface area contributed by atoms with Crippen LogP contribution in [0.25, 0.3) is 0 Å². The molecule has 0 N–H and O–H groups in total. The number of nitrogens with zero attached hydrogens (tertiary/aromatic N) is 1. The lowest BCUT2D eigenvalue weighted by Crippen LogP contribution is -2.67. The molecule has 2 aliphatic heterocycles. The highest BCUT2D eigenvalue weighted by Crippen LogP contribution is 2.51. The van der Waals surface area contributed by atoms with Gasteiger partial charge in [0.25, 0.3) is 11.8 Å². The minimum atomic E-state index is -6.56. The quantitative estimate of drug-likeness (QED) is 0.305. The number of morpholine rings is 1. The average molecular weight is 575 g/mol. The summed E-state index contributed by atoms with van der Waals surface area (Å²) in [5.41, 5.74) is -5.62.